The summed E-state index contributed by atoms with van der Waals surface area (Å²) in [6.07, 6.45) is 0.139. The number of rotatable bonds is 6. The SMILES string of the molecule is Cc1c(Cl)cccc1NC(=O)CNc1ccc(OC(C)C)cc1. The Bertz CT molecular complexity index is 669. The van der Waals surface area contributed by atoms with Gasteiger partial charge in [-0.1, -0.05) is 17.7 Å². The second-order valence-corrected chi connectivity index (χ2v) is 5.91. The Labute approximate surface area is 141 Å². The first-order valence-corrected chi connectivity index (χ1v) is 7.89. The van der Waals surface area contributed by atoms with Crippen molar-refractivity contribution in [1.82, 2.24) is 0 Å². The van der Waals surface area contributed by atoms with Gasteiger partial charge in [0, 0.05) is 16.4 Å². The number of carbonyl (C=O) groups excluding carboxylic acids is 1. The molecule has 0 spiro atoms. The fourth-order valence-corrected chi connectivity index (χ4v) is 2.22. The van der Waals surface area contributed by atoms with Crippen molar-refractivity contribution in [3.8, 4) is 5.75 Å². The fourth-order valence-electron chi connectivity index (χ4n) is 2.04. The average molecular weight is 333 g/mol. The lowest BCUT2D eigenvalue weighted by molar-refractivity contribution is -0.114. The maximum absolute atomic E-state index is 12.0. The number of carbonyl (C=O) groups is 1. The van der Waals surface area contributed by atoms with Crippen LogP contribution >= 0.6 is 11.6 Å². The van der Waals surface area contributed by atoms with Gasteiger partial charge >= 0.3 is 0 Å². The minimum absolute atomic E-state index is 0.127. The average Bonchev–Trinajstić information content (AvgIpc) is 2.51. The van der Waals surface area contributed by atoms with Crippen molar-refractivity contribution in [1.29, 1.82) is 0 Å². The largest absolute Gasteiger partial charge is 0.491 e. The molecule has 0 heterocycles. The molecule has 0 atom stereocenters. The predicted molar refractivity (Wildman–Crippen MR) is 95.5 cm³/mol. The van der Waals surface area contributed by atoms with Crippen LogP contribution in [0.5, 0.6) is 5.75 Å². The zero-order valence-corrected chi connectivity index (χ0v) is 14.3. The van der Waals surface area contributed by atoms with Crippen LogP contribution in [0.2, 0.25) is 5.02 Å². The van der Waals surface area contributed by atoms with Crippen molar-refractivity contribution in [3.63, 3.8) is 0 Å². The number of nitrogens with one attached hydrogen (secondary N) is 2. The molecule has 0 aliphatic heterocycles. The molecule has 0 bridgehead atoms. The van der Waals surface area contributed by atoms with Gasteiger partial charge < -0.3 is 15.4 Å². The van der Waals surface area contributed by atoms with Crippen molar-refractivity contribution >= 4 is 28.9 Å². The first-order chi connectivity index (χ1) is 11.0. The Morgan fingerprint density at radius 3 is 2.52 bits per heavy atom. The highest BCUT2D eigenvalue weighted by Crippen LogP contribution is 2.23. The summed E-state index contributed by atoms with van der Waals surface area (Å²) in [5.41, 5.74) is 2.45. The minimum atomic E-state index is -0.127. The smallest absolute Gasteiger partial charge is 0.243 e. The van der Waals surface area contributed by atoms with Gasteiger partial charge in [0.2, 0.25) is 5.91 Å². The van der Waals surface area contributed by atoms with Crippen LogP contribution in [0.15, 0.2) is 42.5 Å². The molecule has 0 aromatic heterocycles. The second kappa shape index (κ2) is 7.88. The first kappa shape index (κ1) is 17.2. The fraction of sp³-hybridized carbons (Fsp3) is 0.278. The molecule has 0 saturated carbocycles. The highest BCUT2D eigenvalue weighted by Gasteiger charge is 2.06. The maximum atomic E-state index is 12.0. The van der Waals surface area contributed by atoms with Gasteiger partial charge in [-0.05, 0) is 62.7 Å². The Morgan fingerprint density at radius 2 is 1.87 bits per heavy atom. The molecule has 0 fully saturated rings. The zero-order chi connectivity index (χ0) is 16.8. The third-order valence-corrected chi connectivity index (χ3v) is 3.63. The molecule has 4 nitrogen and oxygen atoms in total. The van der Waals surface area contributed by atoms with E-state index in [1.807, 2.05) is 57.2 Å². The van der Waals surface area contributed by atoms with Gasteiger partial charge in [0.1, 0.15) is 5.75 Å². The lowest BCUT2D eigenvalue weighted by Crippen LogP contribution is -2.22. The van der Waals surface area contributed by atoms with Gasteiger partial charge in [-0.3, -0.25) is 4.79 Å². The summed E-state index contributed by atoms with van der Waals surface area (Å²) >= 11 is 6.04. The standard InChI is InChI=1S/C18H21ClN2O2/c1-12(2)23-15-9-7-14(8-10-15)20-11-18(22)21-17-6-4-5-16(19)13(17)3/h4-10,12,20H,11H2,1-3H3,(H,21,22). The van der Waals surface area contributed by atoms with Crippen molar-refractivity contribution in [2.75, 3.05) is 17.2 Å². The molecular formula is C18H21ClN2O2. The second-order valence-electron chi connectivity index (χ2n) is 5.51. The van der Waals surface area contributed by atoms with Crippen LogP contribution in [0.4, 0.5) is 11.4 Å². The van der Waals surface area contributed by atoms with E-state index in [1.165, 1.54) is 0 Å². The quantitative estimate of drug-likeness (QED) is 0.819. The summed E-state index contributed by atoms with van der Waals surface area (Å²) in [6, 6.07) is 13.0. The van der Waals surface area contributed by atoms with E-state index in [9.17, 15) is 4.79 Å². The summed E-state index contributed by atoms with van der Waals surface area (Å²) in [5.74, 6) is 0.683. The van der Waals surface area contributed by atoms with Crippen molar-refractivity contribution in [2.45, 2.75) is 26.9 Å². The topological polar surface area (TPSA) is 50.4 Å². The predicted octanol–water partition coefficient (Wildman–Crippen LogP) is 4.49. The van der Waals surface area contributed by atoms with Crippen LogP contribution in [-0.4, -0.2) is 18.6 Å². The first-order valence-electron chi connectivity index (χ1n) is 7.51. The highest BCUT2D eigenvalue weighted by molar-refractivity contribution is 6.31. The molecule has 0 unspecified atom stereocenters. The summed E-state index contributed by atoms with van der Waals surface area (Å²) in [4.78, 5) is 12.0. The molecule has 2 aromatic carbocycles. The van der Waals surface area contributed by atoms with Gasteiger partial charge in [0.15, 0.2) is 0 Å². The van der Waals surface area contributed by atoms with E-state index in [1.54, 1.807) is 6.07 Å². The molecule has 2 rings (SSSR count). The Kier molecular flexibility index (Phi) is 5.88. The van der Waals surface area contributed by atoms with Gasteiger partial charge in [0.05, 0.1) is 12.6 Å². The molecule has 2 aromatic rings. The monoisotopic (exact) mass is 332 g/mol. The molecule has 5 heteroatoms. The molecule has 23 heavy (non-hydrogen) atoms. The van der Waals surface area contributed by atoms with E-state index >= 15 is 0 Å². The minimum Gasteiger partial charge on any atom is -0.491 e. The Balaban J connectivity index is 1.88. The van der Waals surface area contributed by atoms with Crippen LogP contribution in [0, 0.1) is 6.92 Å². The normalized spacial score (nSPS) is 10.5. The van der Waals surface area contributed by atoms with E-state index in [-0.39, 0.29) is 18.6 Å². The van der Waals surface area contributed by atoms with E-state index in [0.717, 1.165) is 22.7 Å². The number of benzene rings is 2. The van der Waals surface area contributed by atoms with Gasteiger partial charge in [-0.25, -0.2) is 0 Å². The van der Waals surface area contributed by atoms with Crippen LogP contribution in [0.3, 0.4) is 0 Å². The van der Waals surface area contributed by atoms with E-state index in [0.29, 0.717) is 5.02 Å². The van der Waals surface area contributed by atoms with Crippen LogP contribution in [0.1, 0.15) is 19.4 Å². The van der Waals surface area contributed by atoms with Crippen LogP contribution in [-0.2, 0) is 4.79 Å². The Hall–Kier alpha value is -2.20. The molecule has 0 aliphatic carbocycles. The van der Waals surface area contributed by atoms with Gasteiger partial charge in [0.25, 0.3) is 0 Å². The molecule has 1 amide bonds. The lowest BCUT2D eigenvalue weighted by Gasteiger charge is -2.12. The summed E-state index contributed by atoms with van der Waals surface area (Å²) in [6.45, 7) is 6.01. The molecule has 0 aliphatic rings. The number of amides is 1. The van der Waals surface area contributed by atoms with Gasteiger partial charge in [-0.15, -0.1) is 0 Å². The van der Waals surface area contributed by atoms with Gasteiger partial charge in [-0.2, -0.15) is 0 Å². The summed E-state index contributed by atoms with van der Waals surface area (Å²) in [7, 11) is 0. The van der Waals surface area contributed by atoms with E-state index in [2.05, 4.69) is 10.6 Å². The third-order valence-electron chi connectivity index (χ3n) is 3.22. The third kappa shape index (κ3) is 5.18. The number of hydrogen-bond acceptors (Lipinski definition) is 3. The molecule has 122 valence electrons. The number of ether oxygens (including phenoxy) is 1. The molecular weight excluding hydrogens is 312 g/mol. The van der Waals surface area contributed by atoms with Crippen molar-refractivity contribution < 1.29 is 9.53 Å². The van der Waals surface area contributed by atoms with E-state index < -0.39 is 0 Å². The van der Waals surface area contributed by atoms with Crippen molar-refractivity contribution in [3.05, 3.63) is 53.1 Å². The van der Waals surface area contributed by atoms with Crippen LogP contribution < -0.4 is 15.4 Å². The molecule has 0 saturated heterocycles. The number of anilines is 2. The summed E-state index contributed by atoms with van der Waals surface area (Å²) < 4.78 is 5.58. The lowest BCUT2D eigenvalue weighted by atomic mass is 10.2. The zero-order valence-electron chi connectivity index (χ0n) is 13.5. The highest BCUT2D eigenvalue weighted by atomic mass is 35.5. The summed E-state index contributed by atoms with van der Waals surface area (Å²) in [5, 5.41) is 6.56. The van der Waals surface area contributed by atoms with Crippen LogP contribution in [0.25, 0.3) is 0 Å². The number of hydrogen-bond donors (Lipinski definition) is 2. The maximum Gasteiger partial charge on any atom is 0.243 e. The van der Waals surface area contributed by atoms with Crippen molar-refractivity contribution in [2.24, 2.45) is 0 Å². The number of halogens is 1. The van der Waals surface area contributed by atoms with E-state index in [4.69, 9.17) is 16.3 Å². The Morgan fingerprint density at radius 1 is 1.17 bits per heavy atom. The molecule has 0 radical (unpaired) electrons. The molecule has 2 N–H and O–H groups in total.